The molecule has 0 heterocycles. The van der Waals surface area contributed by atoms with Crippen molar-refractivity contribution >= 4 is 27.3 Å². The van der Waals surface area contributed by atoms with Gasteiger partial charge < -0.3 is 0 Å². The van der Waals surface area contributed by atoms with Crippen molar-refractivity contribution in [2.24, 2.45) is 0 Å². The summed E-state index contributed by atoms with van der Waals surface area (Å²) in [5.74, 6) is 0. The lowest BCUT2D eigenvalue weighted by molar-refractivity contribution is -0.390. The molecule has 5 nitrogen and oxygen atoms in total. The van der Waals surface area contributed by atoms with Crippen LogP contribution >= 0.6 is 11.8 Å². The first-order chi connectivity index (χ1) is 9.80. The molecule has 110 valence electrons. The molecule has 0 bridgehead atoms. The van der Waals surface area contributed by atoms with E-state index in [1.165, 1.54) is 23.9 Å². The Bertz CT molecular complexity index is 800. The molecule has 7 heteroatoms. The maximum Gasteiger partial charge on any atom is 0.301 e. The molecule has 0 saturated heterocycles. The maximum absolute atomic E-state index is 11.7. The summed E-state index contributed by atoms with van der Waals surface area (Å²) in [6.45, 7) is 1.90. The second-order valence-electron chi connectivity index (χ2n) is 4.50. The number of rotatable bonds is 4. The molecule has 0 spiro atoms. The Morgan fingerprint density at radius 1 is 1.05 bits per heavy atom. The molecular formula is C14H13NO4S2. The smallest absolute Gasteiger partial charge is 0.258 e. The van der Waals surface area contributed by atoms with Gasteiger partial charge in [-0.15, -0.1) is 0 Å². The summed E-state index contributed by atoms with van der Waals surface area (Å²) >= 11 is 1.19. The summed E-state index contributed by atoms with van der Waals surface area (Å²) < 4.78 is 23.4. The van der Waals surface area contributed by atoms with Crippen LogP contribution in [0.15, 0.2) is 57.2 Å². The highest BCUT2D eigenvalue weighted by Crippen LogP contribution is 2.39. The minimum absolute atomic E-state index is 0.258. The van der Waals surface area contributed by atoms with Gasteiger partial charge in [-0.3, -0.25) is 10.1 Å². The Kier molecular flexibility index (Phi) is 4.34. The molecule has 0 radical (unpaired) electrons. The average molecular weight is 323 g/mol. The fourth-order valence-electron chi connectivity index (χ4n) is 1.85. The zero-order chi connectivity index (χ0) is 15.6. The zero-order valence-corrected chi connectivity index (χ0v) is 13.1. The molecule has 2 rings (SSSR count). The van der Waals surface area contributed by atoms with Crippen molar-refractivity contribution in [3.63, 3.8) is 0 Å². The van der Waals surface area contributed by atoms with Gasteiger partial charge in [0.15, 0.2) is 9.84 Å². The molecule has 0 aliphatic rings. The van der Waals surface area contributed by atoms with E-state index in [9.17, 15) is 18.5 Å². The second kappa shape index (κ2) is 5.87. The van der Waals surface area contributed by atoms with Gasteiger partial charge in [-0.2, -0.15) is 0 Å². The monoisotopic (exact) mass is 323 g/mol. The van der Waals surface area contributed by atoms with Crippen LogP contribution in [0.2, 0.25) is 0 Å². The molecule has 0 aliphatic carbocycles. The van der Waals surface area contributed by atoms with Gasteiger partial charge in [0.2, 0.25) is 0 Å². The van der Waals surface area contributed by atoms with Crippen LogP contribution in [0, 0.1) is 17.0 Å². The fraction of sp³-hybridized carbons (Fsp3) is 0.143. The topological polar surface area (TPSA) is 77.3 Å². The lowest BCUT2D eigenvalue weighted by Gasteiger charge is -2.08. The summed E-state index contributed by atoms with van der Waals surface area (Å²) in [6.07, 6.45) is 0.970. The molecule has 0 saturated carbocycles. The largest absolute Gasteiger partial charge is 0.301 e. The zero-order valence-electron chi connectivity index (χ0n) is 11.4. The van der Waals surface area contributed by atoms with E-state index in [-0.39, 0.29) is 10.6 Å². The Hall–Kier alpha value is -1.86. The minimum Gasteiger partial charge on any atom is -0.258 e. The number of para-hydroxylation sites is 1. The SMILES string of the molecule is Cc1ccccc1Sc1cccc(S(C)(=O)=O)c1[N+](=O)[O-]. The van der Waals surface area contributed by atoms with Crippen molar-refractivity contribution in [2.45, 2.75) is 21.6 Å². The third kappa shape index (κ3) is 3.43. The second-order valence-corrected chi connectivity index (χ2v) is 7.57. The van der Waals surface area contributed by atoms with Crippen molar-refractivity contribution in [1.82, 2.24) is 0 Å². The van der Waals surface area contributed by atoms with E-state index in [1.54, 1.807) is 6.07 Å². The van der Waals surface area contributed by atoms with Crippen LogP contribution in [-0.4, -0.2) is 19.6 Å². The van der Waals surface area contributed by atoms with Crippen molar-refractivity contribution in [1.29, 1.82) is 0 Å². The number of aryl methyl sites for hydroxylation is 1. The molecule has 0 aromatic heterocycles. The standard InChI is InChI=1S/C14H13NO4S2/c1-10-6-3-4-7-11(10)20-12-8-5-9-13(21(2,18)19)14(12)15(16)17/h3-9H,1-2H3. The lowest BCUT2D eigenvalue weighted by atomic mass is 10.2. The van der Waals surface area contributed by atoms with E-state index in [0.717, 1.165) is 16.7 Å². The Morgan fingerprint density at radius 2 is 1.67 bits per heavy atom. The molecule has 2 aromatic carbocycles. The molecule has 0 fully saturated rings. The predicted molar refractivity (Wildman–Crippen MR) is 81.5 cm³/mol. The number of sulfone groups is 1. The van der Waals surface area contributed by atoms with Gasteiger partial charge >= 0.3 is 5.69 Å². The first kappa shape index (κ1) is 15.5. The normalized spacial score (nSPS) is 11.3. The van der Waals surface area contributed by atoms with E-state index in [2.05, 4.69) is 0 Å². The highest BCUT2D eigenvalue weighted by Gasteiger charge is 2.26. The van der Waals surface area contributed by atoms with E-state index in [1.807, 2.05) is 31.2 Å². The predicted octanol–water partition coefficient (Wildman–Crippen LogP) is 3.46. The van der Waals surface area contributed by atoms with Crippen LogP contribution in [0.4, 0.5) is 5.69 Å². The van der Waals surface area contributed by atoms with Gasteiger partial charge in [0, 0.05) is 11.2 Å². The lowest BCUT2D eigenvalue weighted by Crippen LogP contribution is -2.03. The molecule has 2 aromatic rings. The summed E-state index contributed by atoms with van der Waals surface area (Å²) in [5.41, 5.74) is 0.606. The van der Waals surface area contributed by atoms with E-state index >= 15 is 0 Å². The van der Waals surface area contributed by atoms with Gasteiger partial charge in [0.05, 0.1) is 9.82 Å². The summed E-state index contributed by atoms with van der Waals surface area (Å²) in [6, 6.07) is 11.8. The highest BCUT2D eigenvalue weighted by molar-refractivity contribution is 7.99. The number of nitro groups is 1. The van der Waals surface area contributed by atoms with Gasteiger partial charge in [0.25, 0.3) is 0 Å². The fourth-order valence-corrected chi connectivity index (χ4v) is 3.82. The Morgan fingerprint density at radius 3 is 2.24 bits per heavy atom. The van der Waals surface area contributed by atoms with Crippen LogP contribution in [0.5, 0.6) is 0 Å². The van der Waals surface area contributed by atoms with Crippen LogP contribution in [0.3, 0.4) is 0 Å². The third-order valence-corrected chi connectivity index (χ3v) is 5.21. The van der Waals surface area contributed by atoms with Crippen LogP contribution in [-0.2, 0) is 9.84 Å². The minimum atomic E-state index is -3.66. The Labute approximate surface area is 127 Å². The maximum atomic E-state index is 11.7. The molecule has 0 amide bonds. The van der Waals surface area contributed by atoms with Crippen molar-refractivity contribution in [3.8, 4) is 0 Å². The third-order valence-electron chi connectivity index (χ3n) is 2.86. The van der Waals surface area contributed by atoms with E-state index in [4.69, 9.17) is 0 Å². The Balaban J connectivity index is 2.60. The number of nitrogens with zero attached hydrogens (tertiary/aromatic N) is 1. The first-order valence-corrected chi connectivity index (χ1v) is 8.72. The molecule has 21 heavy (non-hydrogen) atoms. The van der Waals surface area contributed by atoms with Crippen molar-refractivity contribution < 1.29 is 13.3 Å². The molecule has 0 unspecified atom stereocenters. The van der Waals surface area contributed by atoms with Crippen molar-refractivity contribution in [3.05, 3.63) is 58.1 Å². The van der Waals surface area contributed by atoms with Gasteiger partial charge in [-0.05, 0) is 30.7 Å². The van der Waals surface area contributed by atoms with E-state index < -0.39 is 14.8 Å². The quantitative estimate of drug-likeness (QED) is 0.636. The van der Waals surface area contributed by atoms with Crippen molar-refractivity contribution in [2.75, 3.05) is 6.26 Å². The van der Waals surface area contributed by atoms with Gasteiger partial charge in [-0.1, -0.05) is 36.0 Å². The number of benzene rings is 2. The molecule has 0 atom stereocenters. The average Bonchev–Trinajstić information content (AvgIpc) is 2.40. The number of nitro benzene ring substituents is 1. The highest BCUT2D eigenvalue weighted by atomic mass is 32.2. The van der Waals surface area contributed by atoms with Crippen LogP contribution in [0.1, 0.15) is 5.56 Å². The first-order valence-electron chi connectivity index (χ1n) is 6.01. The van der Waals surface area contributed by atoms with Crippen LogP contribution < -0.4 is 0 Å². The van der Waals surface area contributed by atoms with Crippen LogP contribution in [0.25, 0.3) is 0 Å². The summed E-state index contributed by atoms with van der Waals surface area (Å²) in [5, 5.41) is 11.3. The number of hydrogen-bond acceptors (Lipinski definition) is 5. The molecule has 0 N–H and O–H groups in total. The summed E-state index contributed by atoms with van der Waals surface area (Å²) in [4.78, 5) is 11.6. The molecule has 0 aliphatic heterocycles. The molecular weight excluding hydrogens is 310 g/mol. The van der Waals surface area contributed by atoms with Gasteiger partial charge in [-0.25, -0.2) is 8.42 Å². The van der Waals surface area contributed by atoms with Gasteiger partial charge in [0.1, 0.15) is 4.90 Å². The number of hydrogen-bond donors (Lipinski definition) is 0. The van der Waals surface area contributed by atoms with E-state index in [0.29, 0.717) is 4.90 Å². The summed E-state index contributed by atoms with van der Waals surface area (Å²) in [7, 11) is -3.66.